The molecule has 0 aliphatic carbocycles. The van der Waals surface area contributed by atoms with Crippen molar-refractivity contribution in [2.75, 3.05) is 23.6 Å². The molecule has 6 nitrogen and oxygen atoms in total. The zero-order chi connectivity index (χ0) is 9.47. The molecule has 2 heterocycles. The van der Waals surface area contributed by atoms with Crippen LogP contribution in [0.4, 0.5) is 11.5 Å². The third-order valence-corrected chi connectivity index (χ3v) is 2.49. The number of aromatic nitrogens is 2. The van der Waals surface area contributed by atoms with E-state index in [0.29, 0.717) is 12.5 Å². The molecule has 0 amide bonds. The van der Waals surface area contributed by atoms with E-state index in [2.05, 4.69) is 20.6 Å². The first-order valence-corrected chi connectivity index (χ1v) is 5.51. The van der Waals surface area contributed by atoms with E-state index in [1.165, 1.54) is 6.20 Å². The van der Waals surface area contributed by atoms with Gasteiger partial charge in [-0.15, -0.1) is 0 Å². The molecule has 0 unspecified atom stereocenters. The van der Waals surface area contributed by atoms with Crippen LogP contribution in [0.25, 0.3) is 0 Å². The fourth-order valence-corrected chi connectivity index (χ4v) is 1.53. The third-order valence-electron chi connectivity index (χ3n) is 1.63. The Hall–Kier alpha value is -1.37. The summed E-state index contributed by atoms with van der Waals surface area (Å²) in [5, 5.41) is 5.68. The molecule has 2 rings (SSSR count). The van der Waals surface area contributed by atoms with Crippen LogP contribution in [0.1, 0.15) is 0 Å². The highest BCUT2D eigenvalue weighted by Gasteiger charge is 2.16. The van der Waals surface area contributed by atoms with Crippen LogP contribution in [-0.4, -0.2) is 31.3 Å². The second-order valence-corrected chi connectivity index (χ2v) is 4.63. The molecule has 70 valence electrons. The van der Waals surface area contributed by atoms with E-state index in [4.69, 9.17) is 0 Å². The van der Waals surface area contributed by atoms with Gasteiger partial charge in [0, 0.05) is 6.26 Å². The molecule has 0 spiro atoms. The minimum Gasteiger partial charge on any atom is -0.364 e. The summed E-state index contributed by atoms with van der Waals surface area (Å²) in [7, 11) is -3.31. The molecule has 0 radical (unpaired) electrons. The average molecular weight is 200 g/mol. The summed E-state index contributed by atoms with van der Waals surface area (Å²) in [6.45, 7) is 0.553. The number of rotatable bonds is 1. The highest BCUT2D eigenvalue weighted by atomic mass is 32.2. The SMILES string of the molecule is CS(=O)(=O)c1ncc2c(n1)NCN2. The lowest BCUT2D eigenvalue weighted by atomic mass is 10.5. The van der Waals surface area contributed by atoms with Gasteiger partial charge in [0.15, 0.2) is 5.82 Å². The van der Waals surface area contributed by atoms with Crippen molar-refractivity contribution in [2.45, 2.75) is 5.16 Å². The molecule has 1 aliphatic heterocycles. The van der Waals surface area contributed by atoms with Gasteiger partial charge in [0.1, 0.15) is 0 Å². The van der Waals surface area contributed by atoms with E-state index < -0.39 is 9.84 Å². The van der Waals surface area contributed by atoms with Crippen LogP contribution >= 0.6 is 0 Å². The first-order valence-electron chi connectivity index (χ1n) is 3.62. The van der Waals surface area contributed by atoms with E-state index in [9.17, 15) is 8.42 Å². The third kappa shape index (κ3) is 1.42. The standard InChI is InChI=1S/C6H8N4O2S/c1-13(11,12)6-7-2-4-5(10-6)9-3-8-4/h2,8H,3H2,1H3,(H,7,9,10). The van der Waals surface area contributed by atoms with E-state index in [0.717, 1.165) is 11.9 Å². The minimum absolute atomic E-state index is 0.151. The summed E-state index contributed by atoms with van der Waals surface area (Å²) >= 11 is 0. The number of nitrogens with one attached hydrogen (secondary N) is 2. The van der Waals surface area contributed by atoms with Crippen molar-refractivity contribution in [1.82, 2.24) is 9.97 Å². The minimum atomic E-state index is -3.31. The Balaban J connectivity index is 2.54. The van der Waals surface area contributed by atoms with E-state index in [-0.39, 0.29) is 5.16 Å². The molecule has 0 fully saturated rings. The predicted molar refractivity (Wildman–Crippen MR) is 47.3 cm³/mol. The van der Waals surface area contributed by atoms with Crippen LogP contribution in [0.3, 0.4) is 0 Å². The number of hydrogen-bond donors (Lipinski definition) is 2. The zero-order valence-electron chi connectivity index (χ0n) is 6.90. The molecule has 1 aliphatic rings. The lowest BCUT2D eigenvalue weighted by molar-refractivity contribution is 0.593. The summed E-state index contributed by atoms with van der Waals surface area (Å²) in [5.41, 5.74) is 0.729. The van der Waals surface area contributed by atoms with Gasteiger partial charge < -0.3 is 10.6 Å². The van der Waals surface area contributed by atoms with E-state index in [1.807, 2.05) is 0 Å². The normalized spacial score (nSPS) is 14.5. The van der Waals surface area contributed by atoms with Gasteiger partial charge in [-0.05, 0) is 0 Å². The van der Waals surface area contributed by atoms with Gasteiger partial charge in [-0.25, -0.2) is 13.4 Å². The largest absolute Gasteiger partial charge is 0.364 e. The fraction of sp³-hybridized carbons (Fsp3) is 0.333. The predicted octanol–water partition coefficient (Wildman–Crippen LogP) is -0.325. The maximum absolute atomic E-state index is 11.1. The van der Waals surface area contributed by atoms with Crippen LogP contribution in [0.2, 0.25) is 0 Å². The number of sulfone groups is 1. The second-order valence-electron chi connectivity index (χ2n) is 2.72. The zero-order valence-corrected chi connectivity index (χ0v) is 7.72. The Morgan fingerprint density at radius 2 is 2.23 bits per heavy atom. The van der Waals surface area contributed by atoms with Gasteiger partial charge in [-0.3, -0.25) is 0 Å². The topological polar surface area (TPSA) is 84.0 Å². The van der Waals surface area contributed by atoms with Gasteiger partial charge in [0.2, 0.25) is 15.0 Å². The maximum Gasteiger partial charge on any atom is 0.248 e. The Bertz CT molecular complexity index is 442. The van der Waals surface area contributed by atoms with Crippen molar-refractivity contribution in [2.24, 2.45) is 0 Å². The van der Waals surface area contributed by atoms with Crippen molar-refractivity contribution in [3.8, 4) is 0 Å². The first-order chi connectivity index (χ1) is 6.07. The molecular formula is C6H8N4O2S. The van der Waals surface area contributed by atoms with Crippen LogP contribution in [0, 0.1) is 0 Å². The van der Waals surface area contributed by atoms with Crippen LogP contribution < -0.4 is 10.6 Å². The Labute approximate surface area is 75.3 Å². The van der Waals surface area contributed by atoms with Gasteiger partial charge in [-0.2, -0.15) is 4.98 Å². The average Bonchev–Trinajstić information content (AvgIpc) is 2.47. The van der Waals surface area contributed by atoms with Crippen LogP contribution in [0.15, 0.2) is 11.4 Å². The number of anilines is 2. The Morgan fingerprint density at radius 1 is 1.46 bits per heavy atom. The highest BCUT2D eigenvalue weighted by molar-refractivity contribution is 7.90. The molecule has 1 aromatic heterocycles. The molecule has 0 bridgehead atoms. The summed E-state index contributed by atoms with van der Waals surface area (Å²) in [5.74, 6) is 0.537. The van der Waals surface area contributed by atoms with Crippen molar-refractivity contribution < 1.29 is 8.42 Å². The van der Waals surface area contributed by atoms with Crippen molar-refractivity contribution in [1.29, 1.82) is 0 Å². The monoisotopic (exact) mass is 200 g/mol. The van der Waals surface area contributed by atoms with Crippen molar-refractivity contribution in [3.05, 3.63) is 6.20 Å². The summed E-state index contributed by atoms with van der Waals surface area (Å²) in [6, 6.07) is 0. The van der Waals surface area contributed by atoms with Crippen molar-refractivity contribution >= 4 is 21.3 Å². The maximum atomic E-state index is 11.1. The van der Waals surface area contributed by atoms with Crippen molar-refractivity contribution in [3.63, 3.8) is 0 Å². The molecule has 13 heavy (non-hydrogen) atoms. The lowest BCUT2D eigenvalue weighted by Crippen LogP contribution is -2.04. The molecule has 7 heteroatoms. The quantitative estimate of drug-likeness (QED) is 0.604. The summed E-state index contributed by atoms with van der Waals surface area (Å²) < 4.78 is 22.1. The lowest BCUT2D eigenvalue weighted by Gasteiger charge is -1.99. The van der Waals surface area contributed by atoms with E-state index >= 15 is 0 Å². The van der Waals surface area contributed by atoms with Gasteiger partial charge in [0.05, 0.1) is 18.6 Å². The number of fused-ring (bicyclic) bond motifs is 1. The molecular weight excluding hydrogens is 192 g/mol. The highest BCUT2D eigenvalue weighted by Crippen LogP contribution is 2.22. The van der Waals surface area contributed by atoms with Gasteiger partial charge in [0.25, 0.3) is 0 Å². The van der Waals surface area contributed by atoms with Gasteiger partial charge in [-0.1, -0.05) is 0 Å². The molecule has 0 saturated carbocycles. The molecule has 0 aromatic carbocycles. The molecule has 0 saturated heterocycles. The number of hydrogen-bond acceptors (Lipinski definition) is 6. The first kappa shape index (κ1) is 8.24. The molecule has 0 atom stereocenters. The smallest absolute Gasteiger partial charge is 0.248 e. The Kier molecular flexibility index (Phi) is 1.62. The summed E-state index contributed by atoms with van der Waals surface area (Å²) in [4.78, 5) is 7.57. The Morgan fingerprint density at radius 3 is 2.92 bits per heavy atom. The summed E-state index contributed by atoms with van der Waals surface area (Å²) in [6.07, 6.45) is 2.54. The van der Waals surface area contributed by atoms with Gasteiger partial charge >= 0.3 is 0 Å². The van der Waals surface area contributed by atoms with E-state index in [1.54, 1.807) is 0 Å². The fourth-order valence-electron chi connectivity index (χ4n) is 1.03. The second kappa shape index (κ2) is 2.56. The molecule has 2 N–H and O–H groups in total. The number of nitrogens with zero attached hydrogens (tertiary/aromatic N) is 2. The van der Waals surface area contributed by atoms with Crippen LogP contribution in [-0.2, 0) is 9.84 Å². The van der Waals surface area contributed by atoms with Crippen LogP contribution in [0.5, 0.6) is 0 Å². The molecule has 1 aromatic rings.